The minimum Gasteiger partial charge on any atom is -0.493 e. The molecule has 2 heterocycles. The Bertz CT molecular complexity index is 1040. The van der Waals surface area contributed by atoms with E-state index >= 15 is 0 Å². The van der Waals surface area contributed by atoms with E-state index in [1.807, 2.05) is 30.3 Å². The van der Waals surface area contributed by atoms with Gasteiger partial charge in [0.15, 0.2) is 0 Å². The average Bonchev–Trinajstić information content (AvgIpc) is 2.61. The van der Waals surface area contributed by atoms with E-state index in [1.54, 1.807) is 0 Å². The lowest BCUT2D eigenvalue weighted by molar-refractivity contribution is 0.293. The summed E-state index contributed by atoms with van der Waals surface area (Å²) in [6.07, 6.45) is 2.04. The molecule has 106 valence electrons. The molecule has 0 saturated heterocycles. The Labute approximate surface area is 127 Å². The molecule has 0 radical (unpaired) electrons. The minimum absolute atomic E-state index is 0.781. The fourth-order valence-electron chi connectivity index (χ4n) is 3.38. The molecule has 3 heteroatoms. The van der Waals surface area contributed by atoms with Crippen LogP contribution in [0.3, 0.4) is 0 Å². The third-order valence-electron chi connectivity index (χ3n) is 4.37. The summed E-state index contributed by atoms with van der Waals surface area (Å²) in [5.41, 5.74) is 5.07. The monoisotopic (exact) mass is 286 g/mol. The van der Waals surface area contributed by atoms with Crippen LogP contribution in [-0.4, -0.2) is 16.6 Å². The molecule has 0 aliphatic carbocycles. The van der Waals surface area contributed by atoms with Gasteiger partial charge in [-0.3, -0.25) is 0 Å². The van der Waals surface area contributed by atoms with E-state index in [0.717, 1.165) is 58.0 Å². The molecular formula is C19H14N2O. The van der Waals surface area contributed by atoms with Crippen molar-refractivity contribution in [2.75, 3.05) is 6.61 Å². The summed E-state index contributed by atoms with van der Waals surface area (Å²) >= 11 is 0. The van der Waals surface area contributed by atoms with Gasteiger partial charge < -0.3 is 4.74 Å². The van der Waals surface area contributed by atoms with Gasteiger partial charge in [-0.15, -0.1) is 0 Å². The number of para-hydroxylation sites is 2. The predicted molar refractivity (Wildman–Crippen MR) is 88.4 cm³/mol. The molecule has 22 heavy (non-hydrogen) atoms. The summed E-state index contributed by atoms with van der Waals surface area (Å²) in [6.45, 7) is 0.781. The molecule has 0 spiro atoms. The van der Waals surface area contributed by atoms with Crippen LogP contribution in [0.2, 0.25) is 0 Å². The van der Waals surface area contributed by atoms with Gasteiger partial charge in [0.2, 0.25) is 0 Å². The van der Waals surface area contributed by atoms with E-state index in [1.165, 1.54) is 5.56 Å². The fourth-order valence-corrected chi connectivity index (χ4v) is 3.38. The largest absolute Gasteiger partial charge is 0.493 e. The van der Waals surface area contributed by atoms with Crippen molar-refractivity contribution >= 4 is 32.8 Å². The number of fused-ring (bicyclic) bond motifs is 7. The number of hydrogen-bond acceptors (Lipinski definition) is 3. The first-order chi connectivity index (χ1) is 10.9. The van der Waals surface area contributed by atoms with Crippen molar-refractivity contribution in [3.63, 3.8) is 0 Å². The maximum Gasteiger partial charge on any atom is 0.132 e. The molecule has 1 aliphatic heterocycles. The van der Waals surface area contributed by atoms with E-state index in [9.17, 15) is 0 Å². The van der Waals surface area contributed by atoms with Crippen LogP contribution in [0, 0.1) is 0 Å². The van der Waals surface area contributed by atoms with Crippen molar-refractivity contribution in [2.45, 2.75) is 12.8 Å². The van der Waals surface area contributed by atoms with E-state index in [2.05, 4.69) is 18.2 Å². The second-order valence-corrected chi connectivity index (χ2v) is 5.71. The molecular weight excluding hydrogens is 272 g/mol. The normalized spacial score (nSPS) is 14.2. The van der Waals surface area contributed by atoms with Crippen molar-refractivity contribution in [3.8, 4) is 5.75 Å². The van der Waals surface area contributed by atoms with Crippen molar-refractivity contribution in [1.29, 1.82) is 0 Å². The smallest absolute Gasteiger partial charge is 0.132 e. The lowest BCUT2D eigenvalue weighted by Gasteiger charge is -2.21. The summed E-state index contributed by atoms with van der Waals surface area (Å²) in [4.78, 5) is 9.79. The van der Waals surface area contributed by atoms with E-state index < -0.39 is 0 Å². The van der Waals surface area contributed by atoms with Crippen LogP contribution >= 0.6 is 0 Å². The highest BCUT2D eigenvalue weighted by Gasteiger charge is 2.20. The summed E-state index contributed by atoms with van der Waals surface area (Å²) in [5.74, 6) is 0.999. The Morgan fingerprint density at radius 1 is 0.773 bits per heavy atom. The zero-order valence-corrected chi connectivity index (χ0v) is 12.0. The van der Waals surface area contributed by atoms with Crippen molar-refractivity contribution in [2.24, 2.45) is 0 Å². The fraction of sp³-hybridized carbons (Fsp3) is 0.158. The van der Waals surface area contributed by atoms with Gasteiger partial charge in [0.25, 0.3) is 0 Å². The summed E-state index contributed by atoms with van der Waals surface area (Å²) in [5, 5.41) is 2.27. The summed E-state index contributed by atoms with van der Waals surface area (Å²) < 4.78 is 5.99. The molecule has 5 rings (SSSR count). The maximum atomic E-state index is 5.99. The third kappa shape index (κ3) is 1.56. The molecule has 3 nitrogen and oxygen atoms in total. The minimum atomic E-state index is 0.781. The van der Waals surface area contributed by atoms with Crippen molar-refractivity contribution in [1.82, 2.24) is 9.97 Å². The first-order valence-electron chi connectivity index (χ1n) is 7.65. The highest BCUT2D eigenvalue weighted by molar-refractivity contribution is 6.10. The van der Waals surface area contributed by atoms with Crippen LogP contribution in [0.5, 0.6) is 5.75 Å². The second-order valence-electron chi connectivity index (χ2n) is 5.71. The molecule has 4 aromatic rings. The zero-order valence-electron chi connectivity index (χ0n) is 12.0. The van der Waals surface area contributed by atoms with Gasteiger partial charge in [0.1, 0.15) is 5.75 Å². The van der Waals surface area contributed by atoms with E-state index in [4.69, 9.17) is 14.7 Å². The van der Waals surface area contributed by atoms with E-state index in [0.29, 0.717) is 0 Å². The molecule has 0 fully saturated rings. The van der Waals surface area contributed by atoms with Gasteiger partial charge in [-0.05, 0) is 25.0 Å². The lowest BCUT2D eigenvalue weighted by atomic mass is 9.97. The quantitative estimate of drug-likeness (QED) is 0.358. The summed E-state index contributed by atoms with van der Waals surface area (Å²) in [7, 11) is 0. The van der Waals surface area contributed by atoms with Gasteiger partial charge in [-0.2, -0.15) is 0 Å². The molecule has 0 unspecified atom stereocenters. The Hall–Kier alpha value is -2.68. The predicted octanol–water partition coefficient (Wildman–Crippen LogP) is 4.26. The van der Waals surface area contributed by atoms with Crippen LogP contribution in [0.1, 0.15) is 12.0 Å². The maximum absolute atomic E-state index is 5.99. The number of ether oxygens (including phenoxy) is 1. The summed E-state index contributed by atoms with van der Waals surface area (Å²) in [6, 6.07) is 16.4. The molecule has 0 atom stereocenters. The lowest BCUT2D eigenvalue weighted by Crippen LogP contribution is -2.10. The van der Waals surface area contributed by atoms with Gasteiger partial charge in [-0.25, -0.2) is 9.97 Å². The Kier molecular flexibility index (Phi) is 2.39. The molecule has 1 aromatic heterocycles. The molecule has 3 aromatic carbocycles. The first kappa shape index (κ1) is 11.9. The molecule has 0 amide bonds. The molecule has 0 bridgehead atoms. The topological polar surface area (TPSA) is 35.0 Å². The Balaban J connectivity index is 2.06. The van der Waals surface area contributed by atoms with Crippen LogP contribution < -0.4 is 4.74 Å². The highest BCUT2D eigenvalue weighted by Crippen LogP contribution is 2.39. The molecule has 0 N–H and O–H groups in total. The Morgan fingerprint density at radius 3 is 2.27 bits per heavy atom. The van der Waals surface area contributed by atoms with Crippen LogP contribution in [0.4, 0.5) is 0 Å². The molecule has 1 aliphatic rings. The highest BCUT2D eigenvalue weighted by atomic mass is 16.5. The van der Waals surface area contributed by atoms with Gasteiger partial charge in [0.05, 0.1) is 28.7 Å². The standard InChI is InChI=1S/C19H14N2O/c1-2-7-13-12(6-1)17-18(14-8-5-11-22-19(13)14)21-16-10-4-3-9-15(16)20-17/h1-4,6-7,9-10H,5,8,11H2. The molecule has 0 saturated carbocycles. The van der Waals surface area contributed by atoms with Crippen LogP contribution in [-0.2, 0) is 6.42 Å². The third-order valence-corrected chi connectivity index (χ3v) is 4.37. The van der Waals surface area contributed by atoms with Gasteiger partial charge >= 0.3 is 0 Å². The first-order valence-corrected chi connectivity index (χ1v) is 7.65. The second kappa shape index (κ2) is 4.41. The van der Waals surface area contributed by atoms with Crippen LogP contribution in [0.25, 0.3) is 32.8 Å². The SMILES string of the molecule is c1ccc2nc3c(nc2c1)c1c(c2ccccc23)OCCC1. The average molecular weight is 286 g/mol. The van der Waals surface area contributed by atoms with Gasteiger partial charge in [-0.1, -0.05) is 36.4 Å². The number of aromatic nitrogens is 2. The van der Waals surface area contributed by atoms with E-state index in [-0.39, 0.29) is 0 Å². The number of nitrogens with zero attached hydrogens (tertiary/aromatic N) is 2. The van der Waals surface area contributed by atoms with Crippen molar-refractivity contribution in [3.05, 3.63) is 54.1 Å². The van der Waals surface area contributed by atoms with Crippen LogP contribution in [0.15, 0.2) is 48.5 Å². The Morgan fingerprint density at radius 2 is 1.45 bits per heavy atom. The zero-order chi connectivity index (χ0) is 14.5. The van der Waals surface area contributed by atoms with Gasteiger partial charge in [0, 0.05) is 16.3 Å². The number of aryl methyl sites for hydroxylation is 1. The number of hydrogen-bond donors (Lipinski definition) is 0. The number of rotatable bonds is 0. The van der Waals surface area contributed by atoms with Crippen molar-refractivity contribution < 1.29 is 4.74 Å². The number of benzene rings is 3.